The van der Waals surface area contributed by atoms with Gasteiger partial charge in [-0.2, -0.15) is 0 Å². The Morgan fingerprint density at radius 2 is 1.78 bits per heavy atom. The van der Waals surface area contributed by atoms with Crippen LogP contribution < -0.4 is 0 Å². The van der Waals surface area contributed by atoms with Crippen molar-refractivity contribution < 1.29 is 17.9 Å². The third-order valence-electron chi connectivity index (χ3n) is 4.82. The van der Waals surface area contributed by atoms with Gasteiger partial charge in [0.15, 0.2) is 9.84 Å². The van der Waals surface area contributed by atoms with Gasteiger partial charge in [-0.05, 0) is 37.8 Å². The number of hydrogen-bond acceptors (Lipinski definition) is 4. The van der Waals surface area contributed by atoms with Crippen LogP contribution in [0.3, 0.4) is 0 Å². The molecule has 0 radical (unpaired) electrons. The van der Waals surface area contributed by atoms with Crippen molar-refractivity contribution in [2.75, 3.05) is 13.2 Å². The highest BCUT2D eigenvalue weighted by Gasteiger charge is 2.44. The van der Waals surface area contributed by atoms with Crippen LogP contribution in [0.25, 0.3) is 0 Å². The average Bonchev–Trinajstić information content (AvgIpc) is 2.95. The Labute approximate surface area is 137 Å². The zero-order valence-electron chi connectivity index (χ0n) is 13.4. The fourth-order valence-corrected chi connectivity index (χ4v) is 5.70. The van der Waals surface area contributed by atoms with Gasteiger partial charge in [0.1, 0.15) is 12.0 Å². The van der Waals surface area contributed by atoms with Crippen molar-refractivity contribution in [3.05, 3.63) is 29.8 Å². The summed E-state index contributed by atoms with van der Waals surface area (Å²) >= 11 is 0. The normalized spacial score (nSPS) is 21.3. The molecule has 1 heterocycles. The fraction of sp³-hybridized carbons (Fsp3) is 0.588. The van der Waals surface area contributed by atoms with Crippen LogP contribution in [0.5, 0.6) is 0 Å². The van der Waals surface area contributed by atoms with Gasteiger partial charge in [0.2, 0.25) is 0 Å². The zero-order chi connectivity index (χ0) is 16.4. The van der Waals surface area contributed by atoms with Gasteiger partial charge < -0.3 is 4.74 Å². The average molecular weight is 337 g/mol. The molecule has 1 aliphatic heterocycles. The van der Waals surface area contributed by atoms with Gasteiger partial charge >= 0.3 is 6.09 Å². The first kappa shape index (κ1) is 16.3. The van der Waals surface area contributed by atoms with Crippen LogP contribution in [0.2, 0.25) is 0 Å². The molecule has 0 aromatic heterocycles. The molecule has 1 amide bonds. The number of nitrogens with zero attached hydrogens (tertiary/aromatic N) is 1. The van der Waals surface area contributed by atoms with Gasteiger partial charge in [0, 0.05) is 0 Å². The predicted molar refractivity (Wildman–Crippen MR) is 86.8 cm³/mol. The monoisotopic (exact) mass is 337 g/mol. The lowest BCUT2D eigenvalue weighted by Crippen LogP contribution is -2.47. The second kappa shape index (κ2) is 6.51. The smallest absolute Gasteiger partial charge is 0.411 e. The van der Waals surface area contributed by atoms with Gasteiger partial charge in [-0.3, -0.25) is 4.90 Å². The number of ether oxygens (including phenoxy) is 1. The topological polar surface area (TPSA) is 63.7 Å². The van der Waals surface area contributed by atoms with Crippen LogP contribution in [-0.2, 0) is 14.6 Å². The minimum Gasteiger partial charge on any atom is -0.447 e. The Hall–Kier alpha value is -1.56. The second-order valence-electron chi connectivity index (χ2n) is 6.45. The van der Waals surface area contributed by atoms with Crippen LogP contribution in [0, 0.1) is 12.8 Å². The van der Waals surface area contributed by atoms with E-state index >= 15 is 0 Å². The maximum absolute atomic E-state index is 13.2. The molecule has 1 aromatic carbocycles. The number of amides is 1. The quantitative estimate of drug-likeness (QED) is 0.847. The molecule has 1 unspecified atom stereocenters. The highest BCUT2D eigenvalue weighted by molar-refractivity contribution is 7.92. The largest absolute Gasteiger partial charge is 0.447 e. The maximum atomic E-state index is 13.2. The van der Waals surface area contributed by atoms with Gasteiger partial charge in [-0.25, -0.2) is 13.2 Å². The summed E-state index contributed by atoms with van der Waals surface area (Å²) in [6.07, 6.45) is 4.37. The molecule has 1 atom stereocenters. The van der Waals surface area contributed by atoms with Gasteiger partial charge in [0.05, 0.1) is 11.4 Å². The number of cyclic esters (lactones) is 1. The molecule has 126 valence electrons. The molecule has 0 spiro atoms. The van der Waals surface area contributed by atoms with Crippen LogP contribution in [0.1, 0.15) is 37.7 Å². The zero-order valence-corrected chi connectivity index (χ0v) is 14.2. The van der Waals surface area contributed by atoms with Crippen molar-refractivity contribution in [1.29, 1.82) is 0 Å². The van der Waals surface area contributed by atoms with E-state index in [1.807, 2.05) is 6.92 Å². The molecule has 1 saturated heterocycles. The molecule has 1 aromatic rings. The Kier molecular flexibility index (Phi) is 4.62. The fourth-order valence-electron chi connectivity index (χ4n) is 3.60. The molecule has 0 bridgehead atoms. The van der Waals surface area contributed by atoms with Crippen LogP contribution >= 0.6 is 0 Å². The maximum Gasteiger partial charge on any atom is 0.411 e. The number of hydrogen-bond donors (Lipinski definition) is 0. The summed E-state index contributed by atoms with van der Waals surface area (Å²) in [5.74, 6) is -0.0132. The number of rotatable bonds is 4. The van der Waals surface area contributed by atoms with Crippen LogP contribution in [-0.4, -0.2) is 37.9 Å². The first-order valence-corrected chi connectivity index (χ1v) is 9.79. The van der Waals surface area contributed by atoms with E-state index in [1.165, 1.54) is 4.90 Å². The Morgan fingerprint density at radius 3 is 2.35 bits per heavy atom. The number of carbonyl (C=O) groups is 1. The number of carbonyl (C=O) groups excluding carboxylic acids is 1. The van der Waals surface area contributed by atoms with E-state index in [2.05, 4.69) is 0 Å². The van der Waals surface area contributed by atoms with Crippen molar-refractivity contribution >= 4 is 15.9 Å². The molecule has 1 saturated carbocycles. The highest BCUT2D eigenvalue weighted by atomic mass is 32.2. The standard InChI is InChI=1S/C17H23NO4S/c1-13-7-9-15(10-8-13)23(20,21)16(14-5-3-2-4-6-14)18-11-12-22-17(18)19/h7-10,14,16H,2-6,11-12H2,1H3. The van der Waals surface area contributed by atoms with E-state index in [9.17, 15) is 13.2 Å². The van der Waals surface area contributed by atoms with Gasteiger partial charge in [0.25, 0.3) is 0 Å². The van der Waals surface area contributed by atoms with Gasteiger partial charge in [-0.15, -0.1) is 0 Å². The summed E-state index contributed by atoms with van der Waals surface area (Å²) in [5, 5.41) is -0.805. The lowest BCUT2D eigenvalue weighted by atomic mass is 9.88. The molecule has 23 heavy (non-hydrogen) atoms. The van der Waals surface area contributed by atoms with Crippen LogP contribution in [0.15, 0.2) is 29.2 Å². The van der Waals surface area contributed by atoms with Gasteiger partial charge in [-0.1, -0.05) is 37.0 Å². The van der Waals surface area contributed by atoms with Crippen LogP contribution in [0.4, 0.5) is 4.79 Å². The summed E-state index contributed by atoms with van der Waals surface area (Å²) < 4.78 is 31.5. The van der Waals surface area contributed by atoms with Crippen molar-refractivity contribution in [2.24, 2.45) is 5.92 Å². The molecular weight excluding hydrogens is 314 g/mol. The third-order valence-corrected chi connectivity index (χ3v) is 7.02. The molecule has 2 aliphatic rings. The lowest BCUT2D eigenvalue weighted by Gasteiger charge is -2.34. The molecule has 2 fully saturated rings. The first-order valence-electron chi connectivity index (χ1n) is 8.24. The molecule has 1 aliphatic carbocycles. The van der Waals surface area contributed by atoms with E-state index in [4.69, 9.17) is 4.74 Å². The Morgan fingerprint density at radius 1 is 1.13 bits per heavy atom. The Balaban J connectivity index is 1.99. The summed E-state index contributed by atoms with van der Waals surface area (Å²) in [7, 11) is -3.61. The number of benzene rings is 1. The molecule has 0 N–H and O–H groups in total. The number of aryl methyl sites for hydroxylation is 1. The van der Waals surface area contributed by atoms with E-state index in [-0.39, 0.29) is 12.5 Å². The third kappa shape index (κ3) is 3.22. The minimum atomic E-state index is -3.61. The summed E-state index contributed by atoms with van der Waals surface area (Å²) in [4.78, 5) is 13.7. The van der Waals surface area contributed by atoms with E-state index < -0.39 is 21.3 Å². The predicted octanol–water partition coefficient (Wildman–Crippen LogP) is 3.13. The molecule has 6 heteroatoms. The number of sulfone groups is 1. The van der Waals surface area contributed by atoms with Crippen molar-refractivity contribution in [3.63, 3.8) is 0 Å². The lowest BCUT2D eigenvalue weighted by molar-refractivity contribution is 0.143. The second-order valence-corrected chi connectivity index (χ2v) is 8.50. The molecule has 3 rings (SSSR count). The Bertz CT molecular complexity index is 662. The molecule has 5 nitrogen and oxygen atoms in total. The SMILES string of the molecule is Cc1ccc(S(=O)(=O)C(C2CCCCC2)N2CCOC2=O)cc1. The van der Waals surface area contributed by atoms with E-state index in [0.29, 0.717) is 11.4 Å². The summed E-state index contributed by atoms with van der Waals surface area (Å²) in [6, 6.07) is 6.88. The highest BCUT2D eigenvalue weighted by Crippen LogP contribution is 2.35. The van der Waals surface area contributed by atoms with Crippen molar-refractivity contribution in [2.45, 2.75) is 49.3 Å². The van der Waals surface area contributed by atoms with E-state index in [0.717, 1.165) is 37.7 Å². The van der Waals surface area contributed by atoms with Crippen molar-refractivity contribution in [3.8, 4) is 0 Å². The molecular formula is C17H23NO4S. The summed E-state index contributed by atoms with van der Waals surface area (Å²) in [6.45, 7) is 2.55. The first-order chi connectivity index (χ1) is 11.0. The summed E-state index contributed by atoms with van der Waals surface area (Å²) in [5.41, 5.74) is 1.01. The van der Waals surface area contributed by atoms with Crippen molar-refractivity contribution in [1.82, 2.24) is 4.90 Å². The minimum absolute atomic E-state index is 0.0132. The van der Waals surface area contributed by atoms with E-state index in [1.54, 1.807) is 24.3 Å².